The molecule has 0 saturated heterocycles. The Kier molecular flexibility index (Phi) is 3.99. The number of aryl methyl sites for hydroxylation is 2. The lowest BCUT2D eigenvalue weighted by Crippen LogP contribution is -2.07. The summed E-state index contributed by atoms with van der Waals surface area (Å²) in [6, 6.07) is 4.79. The highest BCUT2D eigenvalue weighted by atomic mass is 79.9. The average Bonchev–Trinajstić information content (AvgIpc) is 2.38. The Hall–Kier alpha value is -1.62. The van der Waals surface area contributed by atoms with E-state index in [0.29, 0.717) is 23.3 Å². The zero-order valence-electron chi connectivity index (χ0n) is 10.7. The molecule has 0 aliphatic carbocycles. The summed E-state index contributed by atoms with van der Waals surface area (Å²) in [7, 11) is 0. The van der Waals surface area contributed by atoms with Crippen LogP contribution in [0.15, 0.2) is 28.7 Å². The van der Waals surface area contributed by atoms with E-state index in [1.54, 1.807) is 26.0 Å². The summed E-state index contributed by atoms with van der Waals surface area (Å²) in [5.74, 6) is -4.87. The van der Waals surface area contributed by atoms with Crippen LogP contribution in [0.5, 0.6) is 0 Å². The van der Waals surface area contributed by atoms with Gasteiger partial charge in [-0.15, -0.1) is 0 Å². The van der Waals surface area contributed by atoms with Gasteiger partial charge < -0.3 is 0 Å². The van der Waals surface area contributed by atoms with Crippen LogP contribution in [0, 0.1) is 31.3 Å². The Bertz CT molecular complexity index is 688. The summed E-state index contributed by atoms with van der Waals surface area (Å²) in [5.41, 5.74) is 1.60. The highest BCUT2D eigenvalue weighted by Gasteiger charge is 2.18. The monoisotopic (exact) mass is 342 g/mol. The minimum atomic E-state index is -1.58. The quantitative estimate of drug-likeness (QED) is 0.570. The van der Waals surface area contributed by atoms with E-state index in [9.17, 15) is 18.0 Å². The van der Waals surface area contributed by atoms with Crippen LogP contribution in [0.1, 0.15) is 27.0 Å². The van der Waals surface area contributed by atoms with Crippen molar-refractivity contribution in [1.82, 2.24) is 0 Å². The van der Waals surface area contributed by atoms with Gasteiger partial charge in [0.15, 0.2) is 23.2 Å². The molecule has 0 N–H and O–H groups in total. The zero-order chi connectivity index (χ0) is 15.0. The summed E-state index contributed by atoms with van der Waals surface area (Å²) in [5, 5.41) is 0. The van der Waals surface area contributed by atoms with E-state index in [1.165, 1.54) is 0 Å². The molecule has 1 nitrogen and oxygen atoms in total. The molecule has 0 aliphatic heterocycles. The Labute approximate surface area is 122 Å². The number of rotatable bonds is 2. The molecule has 20 heavy (non-hydrogen) atoms. The van der Waals surface area contributed by atoms with Crippen LogP contribution in [-0.2, 0) is 0 Å². The largest absolute Gasteiger partial charge is 0.289 e. The van der Waals surface area contributed by atoms with Gasteiger partial charge in [0.2, 0.25) is 0 Å². The molecule has 5 heteroatoms. The average molecular weight is 343 g/mol. The lowest BCUT2D eigenvalue weighted by atomic mass is 9.97. The molecule has 0 heterocycles. The van der Waals surface area contributed by atoms with Crippen molar-refractivity contribution in [1.29, 1.82) is 0 Å². The standard InChI is InChI=1S/C15H10BrF3O/c1-7-4-11(16)8(2)3-10(7)15(20)9-5-12(17)14(19)13(18)6-9/h3-6H,1-2H3. The van der Waals surface area contributed by atoms with E-state index in [0.717, 1.165) is 10.0 Å². The first-order valence-electron chi connectivity index (χ1n) is 5.77. The van der Waals surface area contributed by atoms with Crippen molar-refractivity contribution in [3.63, 3.8) is 0 Å². The van der Waals surface area contributed by atoms with E-state index in [4.69, 9.17) is 0 Å². The fraction of sp³-hybridized carbons (Fsp3) is 0.133. The normalized spacial score (nSPS) is 10.7. The van der Waals surface area contributed by atoms with Gasteiger partial charge in [0.05, 0.1) is 0 Å². The second-order valence-electron chi connectivity index (χ2n) is 4.50. The molecule has 0 aliphatic rings. The lowest BCUT2D eigenvalue weighted by molar-refractivity contribution is 0.103. The van der Waals surface area contributed by atoms with Gasteiger partial charge in [-0.05, 0) is 49.2 Å². The number of ketones is 1. The van der Waals surface area contributed by atoms with Gasteiger partial charge in [0.1, 0.15) is 0 Å². The molecule has 2 rings (SSSR count). The van der Waals surface area contributed by atoms with Crippen molar-refractivity contribution in [2.45, 2.75) is 13.8 Å². The van der Waals surface area contributed by atoms with Gasteiger partial charge >= 0.3 is 0 Å². The van der Waals surface area contributed by atoms with Gasteiger partial charge in [-0.25, -0.2) is 13.2 Å². The third-order valence-corrected chi connectivity index (χ3v) is 3.85. The molecule has 0 spiro atoms. The fourth-order valence-electron chi connectivity index (χ4n) is 1.87. The SMILES string of the molecule is Cc1cc(C(=O)c2cc(F)c(F)c(F)c2)c(C)cc1Br. The van der Waals surface area contributed by atoms with Crippen molar-refractivity contribution in [2.75, 3.05) is 0 Å². The lowest BCUT2D eigenvalue weighted by Gasteiger charge is -2.09. The molecule has 104 valence electrons. The predicted octanol–water partition coefficient (Wildman–Crippen LogP) is 4.71. The van der Waals surface area contributed by atoms with Crippen molar-refractivity contribution < 1.29 is 18.0 Å². The molecule has 0 radical (unpaired) electrons. The number of hydrogen-bond acceptors (Lipinski definition) is 1. The van der Waals surface area contributed by atoms with Gasteiger partial charge in [-0.1, -0.05) is 15.9 Å². The van der Waals surface area contributed by atoms with Crippen LogP contribution < -0.4 is 0 Å². The van der Waals surface area contributed by atoms with E-state index >= 15 is 0 Å². The maximum Gasteiger partial charge on any atom is 0.194 e. The van der Waals surface area contributed by atoms with Crippen molar-refractivity contribution in [3.05, 3.63) is 68.4 Å². The first-order valence-corrected chi connectivity index (χ1v) is 6.56. The highest BCUT2D eigenvalue weighted by molar-refractivity contribution is 9.10. The third-order valence-electron chi connectivity index (χ3n) is 3.00. The van der Waals surface area contributed by atoms with Crippen LogP contribution in [0.25, 0.3) is 0 Å². The molecule has 0 atom stereocenters. The van der Waals surface area contributed by atoms with Crippen LogP contribution in [0.2, 0.25) is 0 Å². The van der Waals surface area contributed by atoms with Gasteiger partial charge in [-0.2, -0.15) is 0 Å². The van der Waals surface area contributed by atoms with E-state index in [2.05, 4.69) is 15.9 Å². The number of hydrogen-bond donors (Lipinski definition) is 0. The molecule has 0 fully saturated rings. The fourth-order valence-corrected chi connectivity index (χ4v) is 2.33. The summed E-state index contributed by atoms with van der Waals surface area (Å²) >= 11 is 3.34. The van der Waals surface area contributed by atoms with Gasteiger partial charge in [-0.3, -0.25) is 4.79 Å². The molecule has 0 aromatic heterocycles. The van der Waals surface area contributed by atoms with Crippen LogP contribution in [-0.4, -0.2) is 5.78 Å². The molecule has 0 amide bonds. The van der Waals surface area contributed by atoms with Crippen molar-refractivity contribution in [2.24, 2.45) is 0 Å². The third kappa shape index (κ3) is 2.63. The van der Waals surface area contributed by atoms with Crippen LogP contribution in [0.4, 0.5) is 13.2 Å². The predicted molar refractivity (Wildman–Crippen MR) is 73.4 cm³/mol. The Morgan fingerprint density at radius 1 is 0.950 bits per heavy atom. The second-order valence-corrected chi connectivity index (χ2v) is 5.35. The van der Waals surface area contributed by atoms with Crippen LogP contribution >= 0.6 is 15.9 Å². The van der Waals surface area contributed by atoms with Gasteiger partial charge in [0.25, 0.3) is 0 Å². The maximum absolute atomic E-state index is 13.2. The zero-order valence-corrected chi connectivity index (χ0v) is 12.3. The molecule has 0 saturated carbocycles. The smallest absolute Gasteiger partial charge is 0.194 e. The van der Waals surface area contributed by atoms with E-state index in [1.807, 2.05) is 0 Å². The maximum atomic E-state index is 13.2. The Morgan fingerprint density at radius 2 is 1.50 bits per heavy atom. The summed E-state index contributed by atoms with van der Waals surface area (Å²) in [6.07, 6.45) is 0. The highest BCUT2D eigenvalue weighted by Crippen LogP contribution is 2.24. The first-order chi connectivity index (χ1) is 9.31. The topological polar surface area (TPSA) is 17.1 Å². The summed E-state index contributed by atoms with van der Waals surface area (Å²) in [4.78, 5) is 12.3. The Morgan fingerprint density at radius 3 is 2.05 bits per heavy atom. The number of carbonyl (C=O) groups is 1. The molecular formula is C15H10BrF3O. The summed E-state index contributed by atoms with van der Waals surface area (Å²) in [6.45, 7) is 3.51. The first kappa shape index (κ1) is 14.8. The molecule has 0 unspecified atom stereocenters. The van der Waals surface area contributed by atoms with Crippen LogP contribution in [0.3, 0.4) is 0 Å². The number of carbonyl (C=O) groups excluding carboxylic acids is 1. The Balaban J connectivity index is 2.55. The van der Waals surface area contributed by atoms with Crippen molar-refractivity contribution >= 4 is 21.7 Å². The van der Waals surface area contributed by atoms with Crippen molar-refractivity contribution in [3.8, 4) is 0 Å². The molecule has 0 bridgehead atoms. The molecule has 2 aromatic rings. The van der Waals surface area contributed by atoms with E-state index in [-0.39, 0.29) is 5.56 Å². The minimum Gasteiger partial charge on any atom is -0.289 e. The summed E-state index contributed by atoms with van der Waals surface area (Å²) < 4.78 is 40.1. The molecule has 2 aromatic carbocycles. The molecular weight excluding hydrogens is 333 g/mol. The van der Waals surface area contributed by atoms with E-state index < -0.39 is 23.2 Å². The number of halogens is 4. The minimum absolute atomic E-state index is 0.216. The second kappa shape index (κ2) is 5.40. The van der Waals surface area contributed by atoms with Gasteiger partial charge in [0, 0.05) is 15.6 Å². The number of benzene rings is 2.